The van der Waals surface area contributed by atoms with E-state index < -0.39 is 0 Å². The first kappa shape index (κ1) is 9.01. The van der Waals surface area contributed by atoms with E-state index in [4.69, 9.17) is 4.74 Å². The Morgan fingerprint density at radius 1 is 1.45 bits per heavy atom. The maximum atomic E-state index is 5.33. The van der Waals surface area contributed by atoms with Crippen molar-refractivity contribution in [3.05, 3.63) is 0 Å². The van der Waals surface area contributed by atoms with Gasteiger partial charge in [-0.25, -0.2) is 0 Å². The second kappa shape index (κ2) is 4.07. The molecule has 1 fully saturated rings. The molecule has 1 aliphatic heterocycles. The molecule has 0 aromatic carbocycles. The lowest BCUT2D eigenvalue weighted by Gasteiger charge is -2.36. The Kier molecular flexibility index (Phi) is 3.34. The highest BCUT2D eigenvalue weighted by atomic mass is 16.5. The van der Waals surface area contributed by atoms with E-state index in [2.05, 4.69) is 18.7 Å². The molecular weight excluding hydrogens is 138 g/mol. The highest BCUT2D eigenvalue weighted by Crippen LogP contribution is 2.17. The van der Waals surface area contributed by atoms with Crippen LogP contribution in [0.15, 0.2) is 0 Å². The van der Waals surface area contributed by atoms with Crippen molar-refractivity contribution in [3.63, 3.8) is 0 Å². The standard InChI is InChI=1S/C9H19NO/c1-4-10-7-9(11-3)6-5-8(10)2/h8-9H,4-7H2,1-3H3/t8-,9+/m0/s1. The molecule has 0 bridgehead atoms. The quantitative estimate of drug-likeness (QED) is 0.602. The Morgan fingerprint density at radius 3 is 2.73 bits per heavy atom. The number of rotatable bonds is 2. The largest absolute Gasteiger partial charge is 0.380 e. The Morgan fingerprint density at radius 2 is 2.18 bits per heavy atom. The summed E-state index contributed by atoms with van der Waals surface area (Å²) < 4.78 is 5.33. The molecule has 2 atom stereocenters. The second-order valence-electron chi connectivity index (χ2n) is 3.37. The van der Waals surface area contributed by atoms with Gasteiger partial charge in [-0.1, -0.05) is 6.92 Å². The van der Waals surface area contributed by atoms with Crippen LogP contribution in [0.2, 0.25) is 0 Å². The molecule has 1 rings (SSSR count). The molecule has 2 nitrogen and oxygen atoms in total. The van der Waals surface area contributed by atoms with Gasteiger partial charge in [-0.05, 0) is 26.3 Å². The van der Waals surface area contributed by atoms with Crippen LogP contribution in [0, 0.1) is 0 Å². The summed E-state index contributed by atoms with van der Waals surface area (Å²) in [5, 5.41) is 0. The molecule has 2 heteroatoms. The van der Waals surface area contributed by atoms with E-state index >= 15 is 0 Å². The van der Waals surface area contributed by atoms with E-state index in [1.165, 1.54) is 12.8 Å². The van der Waals surface area contributed by atoms with Crippen molar-refractivity contribution in [2.24, 2.45) is 0 Å². The van der Waals surface area contributed by atoms with Crippen LogP contribution in [0.25, 0.3) is 0 Å². The van der Waals surface area contributed by atoms with Gasteiger partial charge in [0.2, 0.25) is 0 Å². The van der Waals surface area contributed by atoms with Gasteiger partial charge >= 0.3 is 0 Å². The normalized spacial score (nSPS) is 34.1. The zero-order chi connectivity index (χ0) is 8.27. The fourth-order valence-corrected chi connectivity index (χ4v) is 1.78. The first-order valence-electron chi connectivity index (χ1n) is 4.54. The van der Waals surface area contributed by atoms with Crippen LogP contribution in [-0.2, 0) is 4.74 Å². The van der Waals surface area contributed by atoms with Crippen molar-refractivity contribution >= 4 is 0 Å². The number of likely N-dealkylation sites (N-methyl/N-ethyl adjacent to an activating group) is 1. The lowest BCUT2D eigenvalue weighted by molar-refractivity contribution is 0.0122. The average molecular weight is 157 g/mol. The maximum absolute atomic E-state index is 5.33. The molecule has 0 saturated carbocycles. The Balaban J connectivity index is 2.37. The van der Waals surface area contributed by atoms with Gasteiger partial charge < -0.3 is 4.74 Å². The Labute approximate surface area is 69.5 Å². The van der Waals surface area contributed by atoms with Gasteiger partial charge in [0.1, 0.15) is 0 Å². The second-order valence-corrected chi connectivity index (χ2v) is 3.37. The number of nitrogens with zero attached hydrogens (tertiary/aromatic N) is 1. The highest BCUT2D eigenvalue weighted by Gasteiger charge is 2.23. The van der Waals surface area contributed by atoms with Gasteiger partial charge in [0.15, 0.2) is 0 Å². The highest BCUT2D eigenvalue weighted by molar-refractivity contribution is 4.77. The third-order valence-electron chi connectivity index (χ3n) is 2.71. The summed E-state index contributed by atoms with van der Waals surface area (Å²) in [6, 6.07) is 0.756. The Bertz CT molecular complexity index is 116. The van der Waals surface area contributed by atoms with E-state index in [1.807, 2.05) is 7.11 Å². The van der Waals surface area contributed by atoms with Crippen molar-refractivity contribution in [2.75, 3.05) is 20.2 Å². The summed E-state index contributed by atoms with van der Waals surface area (Å²) in [7, 11) is 1.81. The number of hydrogen-bond acceptors (Lipinski definition) is 2. The Hall–Kier alpha value is -0.0800. The van der Waals surface area contributed by atoms with Crippen molar-refractivity contribution in [2.45, 2.75) is 38.8 Å². The molecule has 0 radical (unpaired) electrons. The molecule has 0 aliphatic carbocycles. The predicted octanol–water partition coefficient (Wildman–Crippen LogP) is 1.51. The first-order valence-corrected chi connectivity index (χ1v) is 4.54. The molecule has 1 heterocycles. The zero-order valence-corrected chi connectivity index (χ0v) is 7.84. The molecule has 66 valence electrons. The maximum Gasteiger partial charge on any atom is 0.0698 e. The minimum Gasteiger partial charge on any atom is -0.380 e. The minimum absolute atomic E-state index is 0.478. The van der Waals surface area contributed by atoms with Crippen LogP contribution >= 0.6 is 0 Å². The van der Waals surface area contributed by atoms with Gasteiger partial charge in [0.05, 0.1) is 6.10 Å². The molecule has 0 spiro atoms. The number of piperidine rings is 1. The van der Waals surface area contributed by atoms with E-state index in [-0.39, 0.29) is 0 Å². The number of ether oxygens (including phenoxy) is 1. The van der Waals surface area contributed by atoms with E-state index in [0.29, 0.717) is 6.10 Å². The van der Waals surface area contributed by atoms with Gasteiger partial charge in [-0.2, -0.15) is 0 Å². The fraction of sp³-hybridized carbons (Fsp3) is 1.00. The first-order chi connectivity index (χ1) is 5.27. The van der Waals surface area contributed by atoms with Gasteiger partial charge in [0, 0.05) is 19.7 Å². The number of methoxy groups -OCH3 is 1. The summed E-state index contributed by atoms with van der Waals surface area (Å²) in [5.41, 5.74) is 0. The fourth-order valence-electron chi connectivity index (χ4n) is 1.78. The van der Waals surface area contributed by atoms with Crippen LogP contribution in [0.3, 0.4) is 0 Å². The van der Waals surface area contributed by atoms with Crippen LogP contribution in [0.5, 0.6) is 0 Å². The lowest BCUT2D eigenvalue weighted by atomic mass is 10.0. The molecule has 0 aromatic rings. The van der Waals surface area contributed by atoms with Crippen molar-refractivity contribution in [1.29, 1.82) is 0 Å². The summed E-state index contributed by atoms with van der Waals surface area (Å²) in [6.07, 6.45) is 2.99. The summed E-state index contributed by atoms with van der Waals surface area (Å²) in [5.74, 6) is 0. The van der Waals surface area contributed by atoms with Gasteiger partial charge in [0.25, 0.3) is 0 Å². The monoisotopic (exact) mass is 157 g/mol. The van der Waals surface area contributed by atoms with Crippen LogP contribution < -0.4 is 0 Å². The number of hydrogen-bond donors (Lipinski definition) is 0. The van der Waals surface area contributed by atoms with Crippen molar-refractivity contribution in [1.82, 2.24) is 4.90 Å². The number of likely N-dealkylation sites (tertiary alicyclic amines) is 1. The zero-order valence-electron chi connectivity index (χ0n) is 7.84. The molecule has 11 heavy (non-hydrogen) atoms. The van der Waals surface area contributed by atoms with Gasteiger partial charge in [-0.15, -0.1) is 0 Å². The minimum atomic E-state index is 0.478. The van der Waals surface area contributed by atoms with Crippen molar-refractivity contribution in [3.8, 4) is 0 Å². The van der Waals surface area contributed by atoms with E-state index in [0.717, 1.165) is 19.1 Å². The van der Waals surface area contributed by atoms with Crippen molar-refractivity contribution < 1.29 is 4.74 Å². The molecule has 0 N–H and O–H groups in total. The van der Waals surface area contributed by atoms with Crippen LogP contribution in [-0.4, -0.2) is 37.2 Å². The van der Waals surface area contributed by atoms with Crippen LogP contribution in [0.4, 0.5) is 0 Å². The SMILES string of the molecule is CCN1C[C@H](OC)CC[C@@H]1C. The molecule has 1 aliphatic rings. The predicted molar refractivity (Wildman–Crippen MR) is 46.7 cm³/mol. The molecule has 0 aromatic heterocycles. The third kappa shape index (κ3) is 2.17. The smallest absolute Gasteiger partial charge is 0.0698 e. The summed E-state index contributed by atoms with van der Waals surface area (Å²) in [6.45, 7) is 6.79. The van der Waals surface area contributed by atoms with Gasteiger partial charge in [-0.3, -0.25) is 4.90 Å². The molecule has 0 unspecified atom stereocenters. The third-order valence-corrected chi connectivity index (χ3v) is 2.71. The molecule has 0 amide bonds. The topological polar surface area (TPSA) is 12.5 Å². The summed E-state index contributed by atoms with van der Waals surface area (Å²) in [4.78, 5) is 2.48. The molecular formula is C9H19NO. The van der Waals surface area contributed by atoms with E-state index in [9.17, 15) is 0 Å². The van der Waals surface area contributed by atoms with E-state index in [1.54, 1.807) is 0 Å². The average Bonchev–Trinajstić information content (AvgIpc) is 2.05. The van der Waals surface area contributed by atoms with Crippen LogP contribution in [0.1, 0.15) is 26.7 Å². The lowest BCUT2D eigenvalue weighted by Crippen LogP contribution is -2.44. The molecule has 1 saturated heterocycles. The summed E-state index contributed by atoms with van der Waals surface area (Å²) >= 11 is 0.